The lowest BCUT2D eigenvalue weighted by Gasteiger charge is -1.99. The number of halogens is 1. The summed E-state index contributed by atoms with van der Waals surface area (Å²) in [6.45, 7) is 0.304. The van der Waals surface area contributed by atoms with Gasteiger partial charge >= 0.3 is 5.97 Å². The molecular weight excluding hydrogens is 344 g/mol. The van der Waals surface area contributed by atoms with Gasteiger partial charge < -0.3 is 18.6 Å². The van der Waals surface area contributed by atoms with Crippen molar-refractivity contribution in [2.45, 2.75) is 6.61 Å². The van der Waals surface area contributed by atoms with E-state index in [4.69, 9.17) is 25.8 Å². The summed E-state index contributed by atoms with van der Waals surface area (Å²) in [5, 5.41) is 0.611. The van der Waals surface area contributed by atoms with Crippen LogP contribution in [0.3, 0.4) is 0 Å². The highest BCUT2D eigenvalue weighted by Gasteiger charge is 2.12. The van der Waals surface area contributed by atoms with Crippen molar-refractivity contribution < 1.29 is 19.0 Å². The second kappa shape index (κ2) is 6.49. The molecule has 0 atom stereocenters. The van der Waals surface area contributed by atoms with Gasteiger partial charge in [-0.15, -0.1) is 0 Å². The van der Waals surface area contributed by atoms with Gasteiger partial charge in [-0.25, -0.2) is 9.78 Å². The van der Waals surface area contributed by atoms with Crippen LogP contribution in [0.1, 0.15) is 11.3 Å². The number of benzene rings is 1. The molecule has 0 fully saturated rings. The van der Waals surface area contributed by atoms with Crippen LogP contribution in [0, 0.1) is 0 Å². The highest BCUT2D eigenvalue weighted by molar-refractivity contribution is 6.30. The highest BCUT2D eigenvalue weighted by Crippen LogP contribution is 2.32. The molecule has 0 N–H and O–H groups in total. The zero-order chi connectivity index (χ0) is 17.2. The molecule has 0 unspecified atom stereocenters. The number of fused-ring (bicyclic) bond motifs is 2. The fourth-order valence-corrected chi connectivity index (χ4v) is 2.63. The van der Waals surface area contributed by atoms with Crippen LogP contribution in [0.15, 0.2) is 48.8 Å². The summed E-state index contributed by atoms with van der Waals surface area (Å²) in [5.41, 5.74) is 2.21. The summed E-state index contributed by atoms with van der Waals surface area (Å²) >= 11 is 5.93. The zero-order valence-corrected chi connectivity index (χ0v) is 13.8. The number of hydrogen-bond acceptors (Lipinski definition) is 5. The highest BCUT2D eigenvalue weighted by atomic mass is 35.5. The van der Waals surface area contributed by atoms with E-state index in [0.717, 1.165) is 11.2 Å². The monoisotopic (exact) mass is 356 g/mol. The molecule has 126 valence electrons. The normalized spacial score (nSPS) is 12.8. The molecule has 1 aliphatic rings. The van der Waals surface area contributed by atoms with Gasteiger partial charge in [-0.05, 0) is 35.9 Å². The molecule has 25 heavy (non-hydrogen) atoms. The summed E-state index contributed by atoms with van der Waals surface area (Å²) < 4.78 is 17.5. The van der Waals surface area contributed by atoms with Crippen molar-refractivity contribution in [3.05, 3.63) is 65.1 Å². The lowest BCUT2D eigenvalue weighted by molar-refractivity contribution is -0.139. The van der Waals surface area contributed by atoms with Crippen molar-refractivity contribution in [3.63, 3.8) is 0 Å². The van der Waals surface area contributed by atoms with Crippen molar-refractivity contribution >= 4 is 29.3 Å². The van der Waals surface area contributed by atoms with Gasteiger partial charge in [-0.3, -0.25) is 0 Å². The Labute approximate surface area is 148 Å². The Bertz CT molecular complexity index is 980. The van der Waals surface area contributed by atoms with Crippen LogP contribution in [0.25, 0.3) is 11.7 Å². The number of nitrogens with zero attached hydrogens (tertiary/aromatic N) is 2. The van der Waals surface area contributed by atoms with Gasteiger partial charge in [0, 0.05) is 18.5 Å². The van der Waals surface area contributed by atoms with Gasteiger partial charge in [0.2, 0.25) is 6.79 Å². The molecular formula is C18H13ClN2O4. The molecule has 0 saturated carbocycles. The van der Waals surface area contributed by atoms with Crippen LogP contribution < -0.4 is 9.47 Å². The van der Waals surface area contributed by atoms with Crippen molar-refractivity contribution in [1.29, 1.82) is 0 Å². The van der Waals surface area contributed by atoms with Crippen LogP contribution >= 0.6 is 11.6 Å². The van der Waals surface area contributed by atoms with Crippen LogP contribution in [0.2, 0.25) is 5.02 Å². The third-order valence-electron chi connectivity index (χ3n) is 3.64. The van der Waals surface area contributed by atoms with E-state index in [2.05, 4.69) is 4.98 Å². The Balaban J connectivity index is 1.38. The first-order chi connectivity index (χ1) is 12.2. The third-order valence-corrected chi connectivity index (χ3v) is 3.86. The van der Waals surface area contributed by atoms with Crippen LogP contribution in [0.4, 0.5) is 0 Å². The summed E-state index contributed by atoms with van der Waals surface area (Å²) in [4.78, 5) is 16.2. The molecule has 6 nitrogen and oxygen atoms in total. The minimum atomic E-state index is -0.451. The first-order valence-electron chi connectivity index (χ1n) is 7.55. The Hall–Kier alpha value is -2.99. The second-order valence-electron chi connectivity index (χ2n) is 5.40. The van der Waals surface area contributed by atoms with E-state index in [-0.39, 0.29) is 13.4 Å². The molecule has 0 bridgehead atoms. The van der Waals surface area contributed by atoms with E-state index in [1.807, 2.05) is 6.07 Å². The molecule has 0 saturated heterocycles. The molecule has 0 aliphatic carbocycles. The zero-order valence-electron chi connectivity index (χ0n) is 13.0. The molecule has 3 heterocycles. The SMILES string of the molecule is O=C(/C=C\c1ccc2c(c1)OCO2)OCc1cn2cc(Cl)ccc2n1. The van der Waals surface area contributed by atoms with Gasteiger partial charge in [-0.2, -0.15) is 0 Å². The maximum Gasteiger partial charge on any atom is 0.331 e. The first-order valence-corrected chi connectivity index (χ1v) is 7.93. The van der Waals surface area contributed by atoms with E-state index < -0.39 is 5.97 Å². The minimum absolute atomic E-state index is 0.0869. The molecule has 1 aromatic carbocycles. The number of carbonyl (C=O) groups excluding carboxylic acids is 1. The van der Waals surface area contributed by atoms with Gasteiger partial charge in [0.1, 0.15) is 12.3 Å². The first kappa shape index (κ1) is 15.5. The fraction of sp³-hybridized carbons (Fsp3) is 0.111. The number of rotatable bonds is 4. The van der Waals surface area contributed by atoms with Gasteiger partial charge in [0.25, 0.3) is 0 Å². The number of pyridine rings is 1. The number of ether oxygens (including phenoxy) is 3. The van der Waals surface area contributed by atoms with Crippen molar-refractivity contribution in [3.8, 4) is 11.5 Å². The molecule has 3 aromatic rings. The Morgan fingerprint density at radius 3 is 3.04 bits per heavy atom. The Kier molecular flexibility index (Phi) is 4.03. The smallest absolute Gasteiger partial charge is 0.331 e. The number of carbonyl (C=O) groups is 1. The quantitative estimate of drug-likeness (QED) is 0.529. The van der Waals surface area contributed by atoms with Crippen molar-refractivity contribution in [2.75, 3.05) is 6.79 Å². The van der Waals surface area contributed by atoms with Gasteiger partial charge in [-0.1, -0.05) is 17.7 Å². The van der Waals surface area contributed by atoms with E-state index in [0.29, 0.717) is 22.2 Å². The predicted molar refractivity (Wildman–Crippen MR) is 91.6 cm³/mol. The molecule has 0 radical (unpaired) electrons. The van der Waals surface area contributed by atoms with Crippen molar-refractivity contribution in [2.24, 2.45) is 0 Å². The predicted octanol–water partition coefficient (Wildman–Crippen LogP) is 3.47. The molecule has 1 aliphatic heterocycles. The third kappa shape index (κ3) is 3.44. The Morgan fingerprint density at radius 2 is 2.12 bits per heavy atom. The lowest BCUT2D eigenvalue weighted by atomic mass is 10.2. The summed E-state index contributed by atoms with van der Waals surface area (Å²) in [5.74, 6) is 0.915. The molecule has 0 amide bonds. The lowest BCUT2D eigenvalue weighted by Crippen LogP contribution is -2.00. The van der Waals surface area contributed by atoms with Gasteiger partial charge in [0.05, 0.1) is 10.7 Å². The van der Waals surface area contributed by atoms with Crippen LogP contribution in [0.5, 0.6) is 11.5 Å². The molecule has 2 aromatic heterocycles. The average Bonchev–Trinajstić information content (AvgIpc) is 3.23. The maximum absolute atomic E-state index is 11.9. The number of imidazole rings is 1. The molecule has 7 heteroatoms. The van der Waals surface area contributed by atoms with Gasteiger partial charge in [0.15, 0.2) is 11.5 Å². The average molecular weight is 357 g/mol. The number of hydrogen-bond donors (Lipinski definition) is 0. The second-order valence-corrected chi connectivity index (χ2v) is 5.84. The summed E-state index contributed by atoms with van der Waals surface area (Å²) in [6.07, 6.45) is 6.54. The van der Waals surface area contributed by atoms with E-state index in [1.165, 1.54) is 6.08 Å². The van der Waals surface area contributed by atoms with E-state index >= 15 is 0 Å². The summed E-state index contributed by atoms with van der Waals surface area (Å²) in [7, 11) is 0. The van der Waals surface area contributed by atoms with Crippen LogP contribution in [-0.4, -0.2) is 22.1 Å². The number of aromatic nitrogens is 2. The topological polar surface area (TPSA) is 62.1 Å². The molecule has 4 rings (SSSR count). The largest absolute Gasteiger partial charge is 0.456 e. The summed E-state index contributed by atoms with van der Waals surface area (Å²) in [6, 6.07) is 9.00. The molecule has 0 spiro atoms. The minimum Gasteiger partial charge on any atom is -0.456 e. The van der Waals surface area contributed by atoms with E-state index in [9.17, 15) is 4.79 Å². The van der Waals surface area contributed by atoms with Crippen LogP contribution in [-0.2, 0) is 16.1 Å². The van der Waals surface area contributed by atoms with E-state index in [1.54, 1.807) is 47.1 Å². The number of esters is 1. The standard InChI is InChI=1S/C18H13ClN2O4/c19-13-3-5-17-20-14(9-21(17)8-13)10-23-18(22)6-2-12-1-4-15-16(7-12)25-11-24-15/h1-9H,10-11H2/b6-2-. The Morgan fingerprint density at radius 1 is 1.24 bits per heavy atom. The van der Waals surface area contributed by atoms with Crippen molar-refractivity contribution in [1.82, 2.24) is 9.38 Å². The maximum atomic E-state index is 11.9. The fourth-order valence-electron chi connectivity index (χ4n) is 2.46.